The maximum absolute atomic E-state index is 12.1. The van der Waals surface area contributed by atoms with E-state index in [1.807, 2.05) is 0 Å². The van der Waals surface area contributed by atoms with Crippen molar-refractivity contribution >= 4 is 9.84 Å². The molecule has 0 amide bonds. The fraction of sp³-hybridized carbons (Fsp3) is 0.538. The predicted octanol–water partition coefficient (Wildman–Crippen LogP) is 0.0658. The molecule has 1 aromatic carbocycles. The fourth-order valence-corrected chi connectivity index (χ4v) is 3.04. The molecule has 1 unspecified atom stereocenters. The lowest BCUT2D eigenvalue weighted by atomic mass is 10.3. The lowest BCUT2D eigenvalue weighted by molar-refractivity contribution is 0.174. The molecule has 0 saturated heterocycles. The van der Waals surface area contributed by atoms with E-state index in [1.54, 1.807) is 19.2 Å². The van der Waals surface area contributed by atoms with E-state index in [2.05, 4.69) is 5.32 Å². The van der Waals surface area contributed by atoms with Gasteiger partial charge in [-0.05, 0) is 18.2 Å². The zero-order valence-electron chi connectivity index (χ0n) is 11.7. The van der Waals surface area contributed by atoms with E-state index < -0.39 is 15.9 Å². The molecule has 0 aliphatic carbocycles. The van der Waals surface area contributed by atoms with Crippen molar-refractivity contribution in [3.8, 4) is 5.75 Å². The van der Waals surface area contributed by atoms with Crippen molar-refractivity contribution in [1.29, 1.82) is 0 Å². The van der Waals surface area contributed by atoms with Crippen LogP contribution in [0.25, 0.3) is 0 Å². The minimum atomic E-state index is -3.54. The smallest absolute Gasteiger partial charge is 0.181 e. The van der Waals surface area contributed by atoms with Gasteiger partial charge in [-0.1, -0.05) is 6.07 Å². The number of hydrogen-bond donors (Lipinski definition) is 2. The Kier molecular flexibility index (Phi) is 6.94. The second-order valence-corrected chi connectivity index (χ2v) is 6.35. The number of methoxy groups -OCH3 is 2. The van der Waals surface area contributed by atoms with Crippen LogP contribution in [0.4, 0.5) is 0 Å². The van der Waals surface area contributed by atoms with Crippen LogP contribution in [0.1, 0.15) is 0 Å². The first kappa shape index (κ1) is 16.9. The maximum Gasteiger partial charge on any atom is 0.181 e. The summed E-state index contributed by atoms with van der Waals surface area (Å²) in [5.74, 6) is 0.138. The van der Waals surface area contributed by atoms with Gasteiger partial charge in [0.25, 0.3) is 0 Å². The molecule has 0 aromatic heterocycles. The Morgan fingerprint density at radius 1 is 1.35 bits per heavy atom. The van der Waals surface area contributed by atoms with Crippen molar-refractivity contribution in [3.63, 3.8) is 0 Å². The number of aliphatic hydroxyl groups is 1. The molecule has 7 heteroatoms. The SMILES string of the molecule is COCCNCC(O)CS(=O)(=O)c1cccc(OC)c1. The van der Waals surface area contributed by atoms with E-state index >= 15 is 0 Å². The van der Waals surface area contributed by atoms with Crippen molar-refractivity contribution in [2.75, 3.05) is 39.7 Å². The molecule has 0 bridgehead atoms. The molecule has 20 heavy (non-hydrogen) atoms. The number of sulfone groups is 1. The quantitative estimate of drug-likeness (QED) is 0.628. The Hall–Kier alpha value is -1.15. The van der Waals surface area contributed by atoms with Crippen molar-refractivity contribution in [2.45, 2.75) is 11.0 Å². The highest BCUT2D eigenvalue weighted by molar-refractivity contribution is 7.91. The molecule has 0 fully saturated rings. The molecule has 114 valence electrons. The normalized spacial score (nSPS) is 13.2. The number of aliphatic hydroxyl groups excluding tert-OH is 1. The van der Waals surface area contributed by atoms with Crippen molar-refractivity contribution < 1.29 is 23.0 Å². The molecule has 0 spiro atoms. The number of ether oxygens (including phenoxy) is 2. The Bertz CT molecular complexity index is 503. The summed E-state index contributed by atoms with van der Waals surface area (Å²) < 4.78 is 34.1. The van der Waals surface area contributed by atoms with Gasteiger partial charge in [-0.2, -0.15) is 0 Å². The summed E-state index contributed by atoms with van der Waals surface area (Å²) in [7, 11) is -0.489. The Morgan fingerprint density at radius 3 is 2.75 bits per heavy atom. The van der Waals surface area contributed by atoms with Gasteiger partial charge in [0.15, 0.2) is 9.84 Å². The Labute approximate surface area is 119 Å². The summed E-state index contributed by atoms with van der Waals surface area (Å²) in [5, 5.41) is 12.7. The zero-order valence-corrected chi connectivity index (χ0v) is 12.5. The summed E-state index contributed by atoms with van der Waals surface area (Å²) in [5.41, 5.74) is 0. The summed E-state index contributed by atoms with van der Waals surface area (Å²) in [6.45, 7) is 1.27. The molecule has 2 N–H and O–H groups in total. The molecule has 0 saturated carbocycles. The third-order valence-electron chi connectivity index (χ3n) is 2.68. The van der Waals surface area contributed by atoms with Gasteiger partial charge < -0.3 is 19.9 Å². The number of rotatable bonds is 9. The molecule has 1 rings (SSSR count). The van der Waals surface area contributed by atoms with E-state index in [9.17, 15) is 13.5 Å². The average molecular weight is 303 g/mol. The van der Waals surface area contributed by atoms with Crippen LogP contribution in [0.3, 0.4) is 0 Å². The van der Waals surface area contributed by atoms with E-state index in [0.717, 1.165) is 0 Å². The number of nitrogens with one attached hydrogen (secondary N) is 1. The van der Waals surface area contributed by atoms with Gasteiger partial charge in [-0.15, -0.1) is 0 Å². The highest BCUT2D eigenvalue weighted by Gasteiger charge is 2.20. The van der Waals surface area contributed by atoms with Gasteiger partial charge in [0, 0.05) is 20.2 Å². The lowest BCUT2D eigenvalue weighted by Crippen LogP contribution is -2.34. The van der Waals surface area contributed by atoms with Gasteiger partial charge in [0.1, 0.15) is 5.75 Å². The third-order valence-corrected chi connectivity index (χ3v) is 4.47. The van der Waals surface area contributed by atoms with Crippen LogP contribution in [0.15, 0.2) is 29.2 Å². The van der Waals surface area contributed by atoms with Crippen LogP contribution in [-0.4, -0.2) is 59.3 Å². The molecular formula is C13H21NO5S. The van der Waals surface area contributed by atoms with Crippen LogP contribution < -0.4 is 10.1 Å². The second kappa shape index (κ2) is 8.21. The Balaban J connectivity index is 2.59. The van der Waals surface area contributed by atoms with Gasteiger partial charge in [0.2, 0.25) is 0 Å². The molecule has 0 heterocycles. The third kappa shape index (κ3) is 5.46. The minimum absolute atomic E-state index is 0.146. The van der Waals surface area contributed by atoms with Crippen molar-refractivity contribution in [2.24, 2.45) is 0 Å². The first-order chi connectivity index (χ1) is 9.49. The molecule has 0 aliphatic heterocycles. The van der Waals surface area contributed by atoms with Gasteiger partial charge >= 0.3 is 0 Å². The highest BCUT2D eigenvalue weighted by Crippen LogP contribution is 2.18. The molecule has 1 atom stereocenters. The predicted molar refractivity (Wildman–Crippen MR) is 75.8 cm³/mol. The monoisotopic (exact) mass is 303 g/mol. The number of hydrogen-bond acceptors (Lipinski definition) is 6. The molecule has 6 nitrogen and oxygen atoms in total. The Morgan fingerprint density at radius 2 is 2.10 bits per heavy atom. The van der Waals surface area contributed by atoms with E-state index in [0.29, 0.717) is 18.9 Å². The summed E-state index contributed by atoms with van der Waals surface area (Å²) in [6, 6.07) is 6.21. The topological polar surface area (TPSA) is 84.9 Å². The summed E-state index contributed by atoms with van der Waals surface area (Å²) in [4.78, 5) is 0.146. The van der Waals surface area contributed by atoms with E-state index in [-0.39, 0.29) is 17.2 Å². The van der Waals surface area contributed by atoms with Gasteiger partial charge in [0.05, 0.1) is 30.5 Å². The average Bonchev–Trinajstić information content (AvgIpc) is 2.43. The minimum Gasteiger partial charge on any atom is -0.497 e. The zero-order chi connectivity index (χ0) is 15.0. The van der Waals surface area contributed by atoms with Gasteiger partial charge in [-0.3, -0.25) is 0 Å². The van der Waals surface area contributed by atoms with Crippen LogP contribution in [0.2, 0.25) is 0 Å². The first-order valence-corrected chi connectivity index (χ1v) is 7.89. The summed E-state index contributed by atoms with van der Waals surface area (Å²) in [6.07, 6.45) is -0.969. The molecule has 0 radical (unpaired) electrons. The standard InChI is InChI=1S/C13H21NO5S/c1-18-7-6-14-9-11(15)10-20(16,17)13-5-3-4-12(8-13)19-2/h3-5,8,11,14-15H,6-7,9-10H2,1-2H3. The van der Waals surface area contributed by atoms with E-state index in [1.165, 1.54) is 19.2 Å². The molecule has 1 aromatic rings. The van der Waals surface area contributed by atoms with Crippen LogP contribution in [0.5, 0.6) is 5.75 Å². The van der Waals surface area contributed by atoms with Crippen molar-refractivity contribution in [1.82, 2.24) is 5.32 Å². The first-order valence-electron chi connectivity index (χ1n) is 6.24. The van der Waals surface area contributed by atoms with Crippen molar-refractivity contribution in [3.05, 3.63) is 24.3 Å². The van der Waals surface area contributed by atoms with E-state index in [4.69, 9.17) is 9.47 Å². The van der Waals surface area contributed by atoms with Crippen LogP contribution in [-0.2, 0) is 14.6 Å². The van der Waals surface area contributed by atoms with Crippen LogP contribution >= 0.6 is 0 Å². The maximum atomic E-state index is 12.1. The fourth-order valence-electron chi connectivity index (χ4n) is 1.65. The molecular weight excluding hydrogens is 282 g/mol. The van der Waals surface area contributed by atoms with Gasteiger partial charge in [-0.25, -0.2) is 8.42 Å². The largest absolute Gasteiger partial charge is 0.497 e. The van der Waals surface area contributed by atoms with Crippen LogP contribution in [0, 0.1) is 0 Å². The summed E-state index contributed by atoms with van der Waals surface area (Å²) >= 11 is 0. The molecule has 0 aliphatic rings. The highest BCUT2D eigenvalue weighted by atomic mass is 32.2. The number of benzene rings is 1. The lowest BCUT2D eigenvalue weighted by Gasteiger charge is -2.12. The second-order valence-electron chi connectivity index (χ2n) is 4.31.